The van der Waals surface area contributed by atoms with Crippen LogP contribution in [0.1, 0.15) is 17.9 Å². The summed E-state index contributed by atoms with van der Waals surface area (Å²) in [5, 5.41) is 3.42. The molecule has 1 aliphatic rings. The molecule has 0 bridgehead atoms. The second-order valence-electron chi connectivity index (χ2n) is 3.58. The lowest BCUT2D eigenvalue weighted by atomic mass is 9.98. The van der Waals surface area contributed by atoms with Gasteiger partial charge in [-0.3, -0.25) is 0 Å². The van der Waals surface area contributed by atoms with E-state index in [2.05, 4.69) is 45.7 Å². The first-order valence-corrected chi connectivity index (χ1v) is 6.87. The zero-order valence-electron chi connectivity index (χ0n) is 8.22. The van der Waals surface area contributed by atoms with Gasteiger partial charge >= 0.3 is 0 Å². The number of halogens is 1. The highest BCUT2D eigenvalue weighted by atomic mass is 79.9. The van der Waals surface area contributed by atoms with Crippen LogP contribution in [0.4, 0.5) is 0 Å². The maximum Gasteiger partial charge on any atom is 0.0178 e. The van der Waals surface area contributed by atoms with Crippen LogP contribution < -0.4 is 5.32 Å². The number of thioether (sulfide) groups is 1. The predicted octanol–water partition coefficient (Wildman–Crippen LogP) is 3.25. The van der Waals surface area contributed by atoms with Gasteiger partial charge in [0.2, 0.25) is 0 Å². The lowest BCUT2D eigenvalue weighted by Gasteiger charge is -2.13. The molecule has 1 aromatic rings. The van der Waals surface area contributed by atoms with Gasteiger partial charge in [-0.2, -0.15) is 0 Å². The van der Waals surface area contributed by atoms with Crippen molar-refractivity contribution in [2.24, 2.45) is 0 Å². The van der Waals surface area contributed by atoms with Crippen molar-refractivity contribution in [1.82, 2.24) is 5.32 Å². The third-order valence-electron chi connectivity index (χ3n) is 2.69. The van der Waals surface area contributed by atoms with Crippen molar-refractivity contribution in [3.8, 4) is 0 Å². The molecule has 1 atom stereocenters. The van der Waals surface area contributed by atoms with Gasteiger partial charge in [0.25, 0.3) is 0 Å². The van der Waals surface area contributed by atoms with E-state index in [4.69, 9.17) is 0 Å². The minimum atomic E-state index is 0.704. The van der Waals surface area contributed by atoms with Crippen molar-refractivity contribution < 1.29 is 0 Å². The van der Waals surface area contributed by atoms with E-state index in [-0.39, 0.29) is 0 Å². The van der Waals surface area contributed by atoms with Gasteiger partial charge in [-0.05, 0) is 48.9 Å². The van der Waals surface area contributed by atoms with Gasteiger partial charge in [-0.25, -0.2) is 0 Å². The monoisotopic (exact) mass is 271 g/mol. The van der Waals surface area contributed by atoms with E-state index in [1.807, 2.05) is 11.8 Å². The highest BCUT2D eigenvalue weighted by Crippen LogP contribution is 2.32. The largest absolute Gasteiger partial charge is 0.316 e. The molecular formula is C11H14BrNS. The summed E-state index contributed by atoms with van der Waals surface area (Å²) in [4.78, 5) is 1.42. The number of hydrogen-bond donors (Lipinski definition) is 1. The molecule has 1 aromatic carbocycles. The number of rotatable bonds is 2. The minimum absolute atomic E-state index is 0.704. The van der Waals surface area contributed by atoms with E-state index in [9.17, 15) is 0 Å². The van der Waals surface area contributed by atoms with E-state index >= 15 is 0 Å². The molecule has 1 saturated heterocycles. The van der Waals surface area contributed by atoms with Crippen LogP contribution in [0.3, 0.4) is 0 Å². The molecule has 0 aromatic heterocycles. The maximum absolute atomic E-state index is 3.54. The third-order valence-corrected chi connectivity index (χ3v) is 4.00. The zero-order valence-corrected chi connectivity index (χ0v) is 10.6. The van der Waals surface area contributed by atoms with Gasteiger partial charge in [0.05, 0.1) is 0 Å². The Labute approximate surface area is 97.8 Å². The fourth-order valence-electron chi connectivity index (χ4n) is 1.94. The van der Waals surface area contributed by atoms with Crippen LogP contribution in [0, 0.1) is 0 Å². The molecule has 0 radical (unpaired) electrons. The normalized spacial score (nSPS) is 21.4. The van der Waals surface area contributed by atoms with Crippen molar-refractivity contribution in [3.05, 3.63) is 28.2 Å². The van der Waals surface area contributed by atoms with Crippen LogP contribution in [-0.2, 0) is 0 Å². The SMILES string of the molecule is CSc1ccc(Br)cc1C1CCNC1. The molecule has 2 rings (SSSR count). The van der Waals surface area contributed by atoms with Gasteiger partial charge in [-0.15, -0.1) is 11.8 Å². The van der Waals surface area contributed by atoms with Gasteiger partial charge in [0.15, 0.2) is 0 Å². The third kappa shape index (κ3) is 2.15. The second kappa shape index (κ2) is 4.69. The van der Waals surface area contributed by atoms with Crippen LogP contribution in [-0.4, -0.2) is 19.3 Å². The Bertz CT molecular complexity index is 321. The Morgan fingerprint density at radius 1 is 1.50 bits per heavy atom. The van der Waals surface area contributed by atoms with Crippen molar-refractivity contribution in [1.29, 1.82) is 0 Å². The van der Waals surface area contributed by atoms with Crippen LogP contribution in [0.25, 0.3) is 0 Å². The van der Waals surface area contributed by atoms with Gasteiger partial charge in [0.1, 0.15) is 0 Å². The summed E-state index contributed by atoms with van der Waals surface area (Å²) in [6.45, 7) is 2.29. The summed E-state index contributed by atoms with van der Waals surface area (Å²) in [6, 6.07) is 6.60. The first-order chi connectivity index (χ1) is 6.81. The molecule has 0 saturated carbocycles. The van der Waals surface area contributed by atoms with Crippen LogP contribution in [0.5, 0.6) is 0 Å². The summed E-state index contributed by atoms with van der Waals surface area (Å²) in [7, 11) is 0. The summed E-state index contributed by atoms with van der Waals surface area (Å²) in [5.41, 5.74) is 1.50. The van der Waals surface area contributed by atoms with Gasteiger partial charge < -0.3 is 5.32 Å². The molecule has 1 N–H and O–H groups in total. The molecule has 14 heavy (non-hydrogen) atoms. The predicted molar refractivity (Wildman–Crippen MR) is 66.2 cm³/mol. The second-order valence-corrected chi connectivity index (χ2v) is 5.34. The number of benzene rings is 1. The van der Waals surface area contributed by atoms with Crippen LogP contribution in [0.15, 0.2) is 27.6 Å². The smallest absolute Gasteiger partial charge is 0.0178 e. The quantitative estimate of drug-likeness (QED) is 0.829. The molecule has 1 aliphatic heterocycles. The molecule has 0 aliphatic carbocycles. The molecule has 1 fully saturated rings. The minimum Gasteiger partial charge on any atom is -0.316 e. The van der Waals surface area contributed by atoms with E-state index in [0.717, 1.165) is 13.1 Å². The Morgan fingerprint density at radius 2 is 2.36 bits per heavy atom. The molecule has 1 heterocycles. The van der Waals surface area contributed by atoms with E-state index in [1.165, 1.54) is 21.4 Å². The maximum atomic E-state index is 3.54. The Kier molecular flexibility index (Phi) is 3.52. The van der Waals surface area contributed by atoms with E-state index < -0.39 is 0 Å². The fraction of sp³-hybridized carbons (Fsp3) is 0.455. The average molecular weight is 272 g/mol. The lowest BCUT2D eigenvalue weighted by molar-refractivity contribution is 0.747. The lowest BCUT2D eigenvalue weighted by Crippen LogP contribution is -2.08. The summed E-state index contributed by atoms with van der Waals surface area (Å²) >= 11 is 5.39. The van der Waals surface area contributed by atoms with Crippen LogP contribution >= 0.6 is 27.7 Å². The van der Waals surface area contributed by atoms with Crippen molar-refractivity contribution in [3.63, 3.8) is 0 Å². The van der Waals surface area contributed by atoms with Crippen LogP contribution in [0.2, 0.25) is 0 Å². The topological polar surface area (TPSA) is 12.0 Å². The van der Waals surface area contributed by atoms with Gasteiger partial charge in [0, 0.05) is 15.9 Å². The molecular weight excluding hydrogens is 258 g/mol. The van der Waals surface area contributed by atoms with Crippen molar-refractivity contribution >= 4 is 27.7 Å². The standard InChI is InChI=1S/C11H14BrNS/c1-14-11-3-2-9(12)6-10(11)8-4-5-13-7-8/h2-3,6,8,13H,4-5,7H2,1H3. The zero-order chi connectivity index (χ0) is 9.97. The Morgan fingerprint density at radius 3 is 3.00 bits per heavy atom. The molecule has 1 unspecified atom stereocenters. The molecule has 0 spiro atoms. The summed E-state index contributed by atoms with van der Waals surface area (Å²) in [6.07, 6.45) is 3.42. The molecule has 76 valence electrons. The summed E-state index contributed by atoms with van der Waals surface area (Å²) < 4.78 is 1.19. The molecule has 3 heteroatoms. The van der Waals surface area contributed by atoms with Crippen molar-refractivity contribution in [2.75, 3.05) is 19.3 Å². The highest BCUT2D eigenvalue weighted by Gasteiger charge is 2.19. The average Bonchev–Trinajstić information content (AvgIpc) is 2.70. The van der Waals surface area contributed by atoms with E-state index in [1.54, 1.807) is 0 Å². The fourth-order valence-corrected chi connectivity index (χ4v) is 2.99. The molecule has 1 nitrogen and oxygen atoms in total. The number of nitrogens with one attached hydrogen (secondary N) is 1. The Balaban J connectivity index is 2.33. The van der Waals surface area contributed by atoms with Gasteiger partial charge in [-0.1, -0.05) is 15.9 Å². The first kappa shape index (κ1) is 10.5. The summed E-state index contributed by atoms with van der Waals surface area (Å²) in [5.74, 6) is 0.704. The highest BCUT2D eigenvalue weighted by molar-refractivity contribution is 9.10. The number of hydrogen-bond acceptors (Lipinski definition) is 2. The Hall–Kier alpha value is 0.01000. The first-order valence-electron chi connectivity index (χ1n) is 4.85. The van der Waals surface area contributed by atoms with Crippen molar-refractivity contribution in [2.45, 2.75) is 17.2 Å². The molecule has 0 amide bonds. The van der Waals surface area contributed by atoms with E-state index in [0.29, 0.717) is 5.92 Å².